The molecule has 1 unspecified atom stereocenters. The minimum Gasteiger partial charge on any atom is -0.432 e. The molecule has 0 saturated carbocycles. The number of rotatable bonds is 9. The lowest BCUT2D eigenvalue weighted by Gasteiger charge is -2.32. The van der Waals surface area contributed by atoms with Crippen LogP contribution in [0, 0.1) is 11.8 Å². The van der Waals surface area contributed by atoms with Crippen molar-refractivity contribution < 1.29 is 29.0 Å². The summed E-state index contributed by atoms with van der Waals surface area (Å²) >= 11 is 0. The summed E-state index contributed by atoms with van der Waals surface area (Å²) in [7, 11) is -1.26. The second-order valence-electron chi connectivity index (χ2n) is 12.7. The van der Waals surface area contributed by atoms with Crippen LogP contribution in [0.4, 0.5) is 11.4 Å². The molecular formula is C32H44N4O6Si. The Bertz CT molecular complexity index is 1350. The smallest absolute Gasteiger partial charge is 0.264 e. The van der Waals surface area contributed by atoms with Crippen LogP contribution in [0.2, 0.25) is 18.6 Å². The number of likely N-dealkylation sites (N-methyl/N-ethyl adjacent to an activating group) is 1. The van der Waals surface area contributed by atoms with Gasteiger partial charge in [-0.2, -0.15) is 0 Å². The molecule has 2 fully saturated rings. The van der Waals surface area contributed by atoms with Gasteiger partial charge in [-0.15, -0.1) is 0 Å². The third-order valence-corrected chi connectivity index (χ3v) is 11.9. The first-order valence-corrected chi connectivity index (χ1v) is 18.3. The highest BCUT2D eigenvalue weighted by Crippen LogP contribution is 2.59. The summed E-state index contributed by atoms with van der Waals surface area (Å²) in [5, 5.41) is 16.0. The van der Waals surface area contributed by atoms with Gasteiger partial charge in [-0.3, -0.25) is 14.4 Å². The van der Waals surface area contributed by atoms with Crippen LogP contribution >= 0.6 is 0 Å². The molecule has 5 rings (SSSR count). The first-order valence-electron chi connectivity index (χ1n) is 15.2. The highest BCUT2D eigenvalue weighted by atomic mass is 28.4. The van der Waals surface area contributed by atoms with Crippen molar-refractivity contribution >= 4 is 37.4 Å². The second kappa shape index (κ2) is 12.5. The third-order valence-electron chi connectivity index (χ3n) is 9.36. The van der Waals surface area contributed by atoms with Gasteiger partial charge in [0, 0.05) is 49.4 Å². The Morgan fingerprint density at radius 1 is 1.21 bits per heavy atom. The number of benzene rings is 2. The fraction of sp³-hybridized carbons (Fsp3) is 0.531. The molecule has 0 aromatic heterocycles. The molecule has 2 aromatic rings. The van der Waals surface area contributed by atoms with Gasteiger partial charge >= 0.3 is 0 Å². The molecule has 0 aliphatic carbocycles. The van der Waals surface area contributed by atoms with E-state index in [-0.39, 0.29) is 43.2 Å². The Balaban J connectivity index is 1.45. The zero-order valence-corrected chi connectivity index (χ0v) is 26.5. The van der Waals surface area contributed by atoms with E-state index in [0.717, 1.165) is 24.9 Å². The molecule has 43 heavy (non-hydrogen) atoms. The maximum Gasteiger partial charge on any atom is 0.264 e. The predicted molar refractivity (Wildman–Crippen MR) is 167 cm³/mol. The Morgan fingerprint density at radius 3 is 2.60 bits per heavy atom. The lowest BCUT2D eigenvalue weighted by molar-refractivity contribution is -0.149. The van der Waals surface area contributed by atoms with Gasteiger partial charge < -0.3 is 35.1 Å². The van der Waals surface area contributed by atoms with Crippen LogP contribution in [0.25, 0.3) is 0 Å². The number of amides is 3. The van der Waals surface area contributed by atoms with Crippen LogP contribution in [-0.2, 0) is 31.3 Å². The lowest BCUT2D eigenvalue weighted by atomic mass is 9.82. The minimum atomic E-state index is -2.97. The topological polar surface area (TPSA) is 131 Å². The number of piperidine rings is 1. The molecule has 3 aliphatic heterocycles. The maximum absolute atomic E-state index is 14.1. The normalized spacial score (nSPS) is 26.9. The van der Waals surface area contributed by atoms with E-state index in [9.17, 15) is 24.3 Å². The van der Waals surface area contributed by atoms with Crippen LogP contribution in [-0.4, -0.2) is 80.2 Å². The average molecular weight is 609 g/mol. The molecule has 1 spiro atoms. The lowest BCUT2D eigenvalue weighted by Crippen LogP contribution is -2.45. The first-order chi connectivity index (χ1) is 20.5. The van der Waals surface area contributed by atoms with Crippen molar-refractivity contribution in [3.63, 3.8) is 0 Å². The number of carbonyl (C=O) groups is 3. The largest absolute Gasteiger partial charge is 0.432 e. The Kier molecular flexibility index (Phi) is 9.10. The molecule has 11 heteroatoms. The molecule has 3 aliphatic rings. The number of anilines is 2. The quantitative estimate of drug-likeness (QED) is 0.322. The SMILES string of the molecule is C[C@@H]1[C@@H]([Si](C)(C)O)[C@H](CC(=O)N(CCO)Cc2ccccc2)O[C@@]12C(=O)N(C)c1ccc(NC(=O)C3CCCNC3)cc12. The minimum absolute atomic E-state index is 0.0297. The number of nitrogens with zero attached hydrogens (tertiary/aromatic N) is 2. The molecule has 0 bridgehead atoms. The maximum atomic E-state index is 14.1. The first kappa shape index (κ1) is 31.3. The number of aliphatic hydroxyl groups excluding tert-OH is 1. The number of ether oxygens (including phenoxy) is 1. The fourth-order valence-corrected chi connectivity index (χ4v) is 9.85. The van der Waals surface area contributed by atoms with Gasteiger partial charge in [0.05, 0.1) is 30.7 Å². The van der Waals surface area contributed by atoms with Crippen LogP contribution < -0.4 is 15.5 Å². The van der Waals surface area contributed by atoms with Crippen molar-refractivity contribution in [3.8, 4) is 0 Å². The van der Waals surface area contributed by atoms with E-state index in [0.29, 0.717) is 30.0 Å². The van der Waals surface area contributed by atoms with Crippen molar-refractivity contribution in [1.82, 2.24) is 10.2 Å². The molecule has 5 atom stereocenters. The van der Waals surface area contributed by atoms with Crippen LogP contribution in [0.1, 0.15) is 37.3 Å². The van der Waals surface area contributed by atoms with Crippen molar-refractivity contribution in [2.75, 3.05) is 43.5 Å². The summed E-state index contributed by atoms with van der Waals surface area (Å²) < 4.78 is 6.75. The van der Waals surface area contributed by atoms with Crippen molar-refractivity contribution in [2.45, 2.75) is 63.1 Å². The number of nitrogens with one attached hydrogen (secondary N) is 2. The Labute approximate surface area is 254 Å². The van der Waals surface area contributed by atoms with Gasteiger partial charge in [-0.25, -0.2) is 0 Å². The predicted octanol–water partition coefficient (Wildman–Crippen LogP) is 2.81. The summed E-state index contributed by atoms with van der Waals surface area (Å²) in [5.41, 5.74) is 1.03. The zero-order chi connectivity index (χ0) is 30.9. The van der Waals surface area contributed by atoms with Gasteiger partial charge in [0.1, 0.15) is 0 Å². The van der Waals surface area contributed by atoms with Gasteiger partial charge in [-0.05, 0) is 56.2 Å². The fourth-order valence-electron chi connectivity index (χ4n) is 7.30. The van der Waals surface area contributed by atoms with Crippen molar-refractivity contribution in [1.29, 1.82) is 0 Å². The van der Waals surface area contributed by atoms with E-state index in [1.807, 2.05) is 62.5 Å². The van der Waals surface area contributed by atoms with Gasteiger partial charge in [-0.1, -0.05) is 37.3 Å². The summed E-state index contributed by atoms with van der Waals surface area (Å²) in [6.45, 7) is 7.43. The van der Waals surface area contributed by atoms with Gasteiger partial charge in [0.25, 0.3) is 5.91 Å². The Hall–Kier alpha value is -3.09. The second-order valence-corrected chi connectivity index (χ2v) is 16.7. The van der Waals surface area contributed by atoms with Crippen molar-refractivity contribution in [2.24, 2.45) is 11.8 Å². The third kappa shape index (κ3) is 6.01. The van der Waals surface area contributed by atoms with E-state index in [4.69, 9.17) is 4.74 Å². The van der Waals surface area contributed by atoms with Crippen LogP contribution in [0.15, 0.2) is 48.5 Å². The molecular weight excluding hydrogens is 564 g/mol. The number of fused-ring (bicyclic) bond motifs is 2. The summed E-state index contributed by atoms with van der Waals surface area (Å²) in [6.07, 6.45) is 1.03. The summed E-state index contributed by atoms with van der Waals surface area (Å²) in [4.78, 5) is 55.5. The number of aliphatic hydroxyl groups is 1. The summed E-state index contributed by atoms with van der Waals surface area (Å²) in [5.74, 6) is -1.07. The molecule has 10 nitrogen and oxygen atoms in total. The van der Waals surface area contributed by atoms with Crippen molar-refractivity contribution in [3.05, 3.63) is 59.7 Å². The van der Waals surface area contributed by atoms with E-state index < -0.39 is 31.5 Å². The zero-order valence-electron chi connectivity index (χ0n) is 25.5. The molecule has 2 saturated heterocycles. The average Bonchev–Trinajstić information content (AvgIpc) is 3.39. The van der Waals surface area contributed by atoms with E-state index >= 15 is 0 Å². The number of carbonyl (C=O) groups excluding carboxylic acids is 3. The van der Waals surface area contributed by atoms with Crippen LogP contribution in [0.3, 0.4) is 0 Å². The standard InChI is InChI=1S/C32H44N4O6Si/c1-21-29(43(3,4)41)27(18-28(38)36(15-16-37)20-22-9-6-5-7-10-22)42-32(21)25-17-24(12-13-26(25)35(2)31(32)40)34-30(39)23-11-8-14-33-19-23/h5-7,9-10,12-13,17,21,23,27,29,33,37,41H,8,11,14-16,18-20H2,1-4H3,(H,34,39)/t21-,23?,27+,29-,32+/m1/s1. The summed E-state index contributed by atoms with van der Waals surface area (Å²) in [6, 6.07) is 15.0. The molecule has 3 amide bonds. The molecule has 3 heterocycles. The number of hydrogen-bond donors (Lipinski definition) is 4. The number of hydrogen-bond acceptors (Lipinski definition) is 7. The van der Waals surface area contributed by atoms with Crippen LogP contribution in [0.5, 0.6) is 0 Å². The molecule has 0 radical (unpaired) electrons. The van der Waals surface area contributed by atoms with E-state index in [2.05, 4.69) is 10.6 Å². The molecule has 2 aromatic carbocycles. The highest BCUT2D eigenvalue weighted by molar-refractivity contribution is 6.71. The van der Waals surface area contributed by atoms with Gasteiger partial charge in [0.15, 0.2) is 13.9 Å². The molecule has 232 valence electrons. The van der Waals surface area contributed by atoms with E-state index in [1.165, 1.54) is 0 Å². The highest BCUT2D eigenvalue weighted by Gasteiger charge is 2.66. The Morgan fingerprint density at radius 2 is 1.95 bits per heavy atom. The van der Waals surface area contributed by atoms with E-state index in [1.54, 1.807) is 22.9 Å². The van der Waals surface area contributed by atoms with Gasteiger partial charge in [0.2, 0.25) is 11.8 Å². The molecule has 4 N–H and O–H groups in total. The monoisotopic (exact) mass is 608 g/mol.